The summed E-state index contributed by atoms with van der Waals surface area (Å²) in [4.78, 5) is 10.8. The Labute approximate surface area is 101 Å². The van der Waals surface area contributed by atoms with Crippen molar-refractivity contribution in [2.45, 2.75) is 6.04 Å². The number of carbonyl (C=O) groups excluding carboxylic acids is 1. The minimum Gasteiger partial charge on any atom is -0.447 e. The molecule has 1 fully saturated rings. The predicted octanol–water partition coefficient (Wildman–Crippen LogP) is 2.79. The normalized spacial score (nSPS) is 19.1. The van der Waals surface area contributed by atoms with E-state index in [2.05, 4.69) is 21.2 Å². The van der Waals surface area contributed by atoms with Gasteiger partial charge in [0, 0.05) is 4.47 Å². The molecule has 2 rings (SSSR count). The fourth-order valence-electron chi connectivity index (χ4n) is 1.33. The highest BCUT2D eigenvalue weighted by atomic mass is 79.9. The van der Waals surface area contributed by atoms with Gasteiger partial charge in [0.05, 0.1) is 6.04 Å². The fourth-order valence-corrected chi connectivity index (χ4v) is 1.86. The molecule has 0 unspecified atom stereocenters. The Bertz CT molecular complexity index is 388. The molecule has 1 heterocycles. The topological polar surface area (TPSA) is 38.3 Å². The monoisotopic (exact) mass is 295 g/mol. The Morgan fingerprint density at radius 3 is 2.87 bits per heavy atom. The maximum Gasteiger partial charge on any atom is 0.407 e. The summed E-state index contributed by atoms with van der Waals surface area (Å²) in [5.74, 6) is -0.329. The highest BCUT2D eigenvalue weighted by Gasteiger charge is 2.25. The molecular weight excluding hydrogens is 288 g/mol. The second-order valence-corrected chi connectivity index (χ2v) is 3.82. The minimum absolute atomic E-state index is 0. The molecule has 3 nitrogen and oxygen atoms in total. The maximum atomic E-state index is 12.9. The van der Waals surface area contributed by atoms with E-state index in [1.54, 1.807) is 6.07 Å². The third kappa shape index (κ3) is 2.60. The van der Waals surface area contributed by atoms with Crippen LogP contribution in [-0.2, 0) is 4.74 Å². The van der Waals surface area contributed by atoms with Gasteiger partial charge in [0.15, 0.2) is 0 Å². The zero-order valence-electron chi connectivity index (χ0n) is 7.50. The van der Waals surface area contributed by atoms with Crippen LogP contribution in [0, 0.1) is 5.82 Å². The summed E-state index contributed by atoms with van der Waals surface area (Å²) in [6.07, 6.45) is -0.467. The number of ether oxygens (including phenoxy) is 1. The number of alkyl carbamates (subject to hydrolysis) is 1. The number of cyclic esters (lactones) is 1. The van der Waals surface area contributed by atoms with Gasteiger partial charge < -0.3 is 10.1 Å². The second-order valence-electron chi connectivity index (χ2n) is 2.96. The Morgan fingerprint density at radius 2 is 2.27 bits per heavy atom. The van der Waals surface area contributed by atoms with Gasteiger partial charge >= 0.3 is 6.09 Å². The number of rotatable bonds is 1. The highest BCUT2D eigenvalue weighted by Crippen LogP contribution is 2.26. The molecule has 1 saturated heterocycles. The summed E-state index contributed by atoms with van der Waals surface area (Å²) in [6, 6.07) is 4.07. The van der Waals surface area contributed by atoms with Gasteiger partial charge in [0.2, 0.25) is 0 Å². The van der Waals surface area contributed by atoms with Gasteiger partial charge in [0.25, 0.3) is 0 Å². The van der Waals surface area contributed by atoms with Crippen molar-refractivity contribution < 1.29 is 13.9 Å². The van der Waals surface area contributed by atoms with Crippen molar-refractivity contribution in [2.24, 2.45) is 0 Å². The first-order valence-electron chi connectivity index (χ1n) is 4.05. The van der Waals surface area contributed by atoms with Crippen LogP contribution in [0.2, 0.25) is 0 Å². The lowest BCUT2D eigenvalue weighted by Crippen LogP contribution is -2.18. The van der Waals surface area contributed by atoms with Gasteiger partial charge in [-0.1, -0.05) is 15.9 Å². The van der Waals surface area contributed by atoms with Crippen molar-refractivity contribution in [3.63, 3.8) is 0 Å². The molecule has 1 N–H and O–H groups in total. The third-order valence-corrected chi connectivity index (χ3v) is 2.73. The van der Waals surface area contributed by atoms with Gasteiger partial charge in [-0.2, -0.15) is 0 Å². The smallest absolute Gasteiger partial charge is 0.407 e. The van der Waals surface area contributed by atoms with Crippen LogP contribution in [0.3, 0.4) is 0 Å². The average Bonchev–Trinajstić information content (AvgIpc) is 2.56. The lowest BCUT2D eigenvalue weighted by atomic mass is 10.1. The van der Waals surface area contributed by atoms with Crippen LogP contribution in [0.25, 0.3) is 0 Å². The molecular formula is C9H8BrClFNO2. The first kappa shape index (κ1) is 12.3. The van der Waals surface area contributed by atoms with Gasteiger partial charge in [0.1, 0.15) is 12.4 Å². The van der Waals surface area contributed by atoms with Crippen molar-refractivity contribution >= 4 is 34.4 Å². The number of hydrogen-bond acceptors (Lipinski definition) is 2. The number of carbonyl (C=O) groups is 1. The van der Waals surface area contributed by atoms with E-state index in [-0.39, 0.29) is 30.9 Å². The second kappa shape index (κ2) is 4.81. The van der Waals surface area contributed by atoms with Gasteiger partial charge in [-0.25, -0.2) is 9.18 Å². The molecule has 0 saturated carbocycles. The number of benzene rings is 1. The number of nitrogens with one attached hydrogen (secondary N) is 1. The Hall–Kier alpha value is -0.810. The standard InChI is InChI=1S/C9H7BrFNO2.ClH/c10-7-2-1-5(11)3-6(7)8-4-14-9(13)12-8;/h1-3,8H,4H2,(H,12,13);1H/t8-;/m1./s1. The SMILES string of the molecule is Cl.O=C1N[C@@H](c2cc(F)ccc2Br)CO1. The lowest BCUT2D eigenvalue weighted by Gasteiger charge is -2.09. The van der Waals surface area contributed by atoms with Gasteiger partial charge in [-0.15, -0.1) is 12.4 Å². The van der Waals surface area contributed by atoms with Crippen LogP contribution in [0.1, 0.15) is 11.6 Å². The quantitative estimate of drug-likeness (QED) is 0.865. The van der Waals surface area contributed by atoms with E-state index in [0.29, 0.717) is 5.56 Å². The maximum absolute atomic E-state index is 12.9. The summed E-state index contributed by atoms with van der Waals surface area (Å²) in [6.45, 7) is 0.237. The molecule has 1 atom stereocenters. The number of hydrogen-bond donors (Lipinski definition) is 1. The van der Waals surface area contributed by atoms with E-state index in [9.17, 15) is 9.18 Å². The van der Waals surface area contributed by atoms with Crippen molar-refractivity contribution in [2.75, 3.05) is 6.61 Å². The molecule has 1 aliphatic rings. The molecule has 6 heteroatoms. The van der Waals surface area contributed by atoms with Gasteiger partial charge in [-0.3, -0.25) is 0 Å². The zero-order valence-corrected chi connectivity index (χ0v) is 9.90. The highest BCUT2D eigenvalue weighted by molar-refractivity contribution is 9.10. The van der Waals surface area contributed by atoms with Crippen LogP contribution in [0.4, 0.5) is 9.18 Å². The van der Waals surface area contributed by atoms with Crippen molar-refractivity contribution in [1.82, 2.24) is 5.32 Å². The Kier molecular flexibility index (Phi) is 3.93. The van der Waals surface area contributed by atoms with E-state index in [1.807, 2.05) is 0 Å². The van der Waals surface area contributed by atoms with Gasteiger partial charge in [-0.05, 0) is 23.8 Å². The fraction of sp³-hybridized carbons (Fsp3) is 0.222. The molecule has 1 amide bonds. The zero-order chi connectivity index (χ0) is 10.1. The molecule has 0 spiro atoms. The van der Waals surface area contributed by atoms with Crippen LogP contribution >= 0.6 is 28.3 Å². The molecule has 15 heavy (non-hydrogen) atoms. The van der Waals surface area contributed by atoms with Crippen LogP contribution in [-0.4, -0.2) is 12.7 Å². The van der Waals surface area contributed by atoms with Crippen LogP contribution in [0.15, 0.2) is 22.7 Å². The molecule has 0 bridgehead atoms. The van der Waals surface area contributed by atoms with Crippen molar-refractivity contribution in [1.29, 1.82) is 0 Å². The van der Waals surface area contributed by atoms with Crippen LogP contribution in [0.5, 0.6) is 0 Å². The van der Waals surface area contributed by atoms with Crippen molar-refractivity contribution in [3.8, 4) is 0 Å². The molecule has 0 radical (unpaired) electrons. The Balaban J connectivity index is 0.00000112. The average molecular weight is 297 g/mol. The molecule has 82 valence electrons. The molecule has 1 aromatic rings. The summed E-state index contributed by atoms with van der Waals surface area (Å²) in [5.41, 5.74) is 0.691. The number of halogens is 3. The molecule has 1 aromatic carbocycles. The first-order valence-corrected chi connectivity index (χ1v) is 4.84. The largest absolute Gasteiger partial charge is 0.447 e. The first-order chi connectivity index (χ1) is 6.66. The summed E-state index contributed by atoms with van der Waals surface area (Å²) in [5, 5.41) is 2.58. The Morgan fingerprint density at radius 1 is 1.53 bits per heavy atom. The molecule has 0 aromatic heterocycles. The summed E-state index contributed by atoms with van der Waals surface area (Å²) < 4.78 is 18.4. The number of amides is 1. The summed E-state index contributed by atoms with van der Waals surface area (Å²) in [7, 11) is 0. The van der Waals surface area contributed by atoms with E-state index in [0.717, 1.165) is 4.47 Å². The van der Waals surface area contributed by atoms with Crippen LogP contribution < -0.4 is 5.32 Å². The van der Waals surface area contributed by atoms with E-state index >= 15 is 0 Å². The lowest BCUT2D eigenvalue weighted by molar-refractivity contribution is 0.177. The minimum atomic E-state index is -0.467. The molecule has 1 aliphatic heterocycles. The van der Waals surface area contributed by atoms with E-state index in [4.69, 9.17) is 4.74 Å². The van der Waals surface area contributed by atoms with E-state index in [1.165, 1.54) is 12.1 Å². The van der Waals surface area contributed by atoms with Crippen molar-refractivity contribution in [3.05, 3.63) is 34.1 Å². The predicted molar refractivity (Wildman–Crippen MR) is 58.6 cm³/mol. The third-order valence-electron chi connectivity index (χ3n) is 2.01. The summed E-state index contributed by atoms with van der Waals surface area (Å²) >= 11 is 3.29. The van der Waals surface area contributed by atoms with E-state index < -0.39 is 6.09 Å². The molecule has 0 aliphatic carbocycles.